The van der Waals surface area contributed by atoms with Gasteiger partial charge in [-0.25, -0.2) is 8.42 Å². The number of ketones is 1. The Morgan fingerprint density at radius 3 is 2.18 bits per heavy atom. The Morgan fingerprint density at radius 2 is 1.58 bits per heavy atom. The Bertz CT molecular complexity index is 1500. The summed E-state index contributed by atoms with van der Waals surface area (Å²) >= 11 is 0. The third-order valence-electron chi connectivity index (χ3n) is 7.36. The van der Waals surface area contributed by atoms with Crippen LogP contribution in [0.3, 0.4) is 0 Å². The summed E-state index contributed by atoms with van der Waals surface area (Å²) in [6.07, 6.45) is 1.02. The zero-order valence-corrected chi connectivity index (χ0v) is 21.9. The monoisotopic (exact) mass is 532 g/mol. The molecule has 0 bridgehead atoms. The average molecular weight is 533 g/mol. The molecule has 0 amide bonds. The predicted octanol–water partition coefficient (Wildman–Crippen LogP) is 5.19. The maximum atomic E-state index is 14.3. The van der Waals surface area contributed by atoms with Crippen LogP contribution in [0.25, 0.3) is 0 Å². The van der Waals surface area contributed by atoms with Gasteiger partial charge in [-0.3, -0.25) is 19.2 Å². The molecule has 9 heteroatoms. The van der Waals surface area contributed by atoms with Crippen molar-refractivity contribution in [1.29, 1.82) is 0 Å². The zero-order chi connectivity index (χ0) is 27.0. The van der Waals surface area contributed by atoms with Crippen LogP contribution in [0.4, 0.5) is 0 Å². The third-order valence-corrected chi connectivity index (χ3v) is 9.19. The maximum absolute atomic E-state index is 14.3. The van der Waals surface area contributed by atoms with Gasteiger partial charge in [0.15, 0.2) is 5.78 Å². The topological polar surface area (TPSA) is 107 Å². The fourth-order valence-electron chi connectivity index (χ4n) is 5.60. The van der Waals surface area contributed by atoms with E-state index in [2.05, 4.69) is 0 Å². The summed E-state index contributed by atoms with van der Waals surface area (Å²) in [6, 6.07) is 19.3. The Hall–Kier alpha value is -3.98. The van der Waals surface area contributed by atoms with Crippen LogP contribution in [0, 0.1) is 17.0 Å². The number of nitrogens with zero attached hydrogens (tertiary/aromatic N) is 2. The molecule has 3 aromatic carbocycles. The predicted molar refractivity (Wildman–Crippen MR) is 142 cm³/mol. The number of sulfonamides is 1. The fourth-order valence-corrected chi connectivity index (χ4v) is 7.33. The highest BCUT2D eigenvalue weighted by molar-refractivity contribution is 7.89. The molecule has 3 aromatic rings. The molecule has 0 unspecified atom stereocenters. The molecular weight excluding hydrogens is 504 g/mol. The van der Waals surface area contributed by atoms with Crippen molar-refractivity contribution in [1.82, 2.24) is 4.31 Å². The molecule has 8 nitrogen and oxygen atoms in total. The van der Waals surface area contributed by atoms with Crippen LogP contribution < -0.4 is 4.74 Å². The summed E-state index contributed by atoms with van der Waals surface area (Å²) in [4.78, 5) is 25.9. The van der Waals surface area contributed by atoms with Crippen molar-refractivity contribution in [3.63, 3.8) is 0 Å². The van der Waals surface area contributed by atoms with E-state index in [-0.39, 0.29) is 22.7 Å². The van der Waals surface area contributed by atoms with Crippen LogP contribution in [0.15, 0.2) is 95.0 Å². The molecule has 5 rings (SSSR count). The van der Waals surface area contributed by atoms with E-state index in [1.807, 2.05) is 6.92 Å². The smallest absolute Gasteiger partial charge is 0.264 e. The number of carbonyl (C=O) groups is 1. The first-order chi connectivity index (χ1) is 18.2. The van der Waals surface area contributed by atoms with Gasteiger partial charge in [-0.2, -0.15) is 0 Å². The van der Waals surface area contributed by atoms with E-state index in [1.54, 1.807) is 66.7 Å². The van der Waals surface area contributed by atoms with Gasteiger partial charge in [-0.05, 0) is 55.2 Å². The molecule has 196 valence electrons. The maximum Gasteiger partial charge on any atom is 0.264 e. The van der Waals surface area contributed by atoms with E-state index in [9.17, 15) is 23.3 Å². The van der Waals surface area contributed by atoms with Crippen LogP contribution in [0.5, 0.6) is 5.75 Å². The molecular formula is C29H28N2O6S. The van der Waals surface area contributed by atoms with Crippen molar-refractivity contribution < 1.29 is 22.9 Å². The number of Topliss-reactive ketones (excluding diaryl/α,β-unsaturated/α-hetero) is 1. The van der Waals surface area contributed by atoms with E-state index in [1.165, 1.54) is 23.5 Å². The standard InChI is InChI=1S/C29H28N2O6S/c1-19-11-17-23(18-12-19)38(35,36)30-24-9-6-10-25(32)27(24)26(20-7-4-3-5-8-20)29(31(33)34)28(30)21-13-15-22(37-2)16-14-21/h3-5,7-8,11-18,26,28-29H,6,9-10H2,1-2H3/t26-,28-,29+/m1/s1. The van der Waals surface area contributed by atoms with Gasteiger partial charge in [0.1, 0.15) is 11.8 Å². The van der Waals surface area contributed by atoms with Crippen LogP contribution in [-0.2, 0) is 14.8 Å². The first kappa shape index (κ1) is 25.7. The SMILES string of the molecule is COc1ccc([C@@H]2[C@@H]([N+](=O)[O-])[C@H](c3ccccc3)C3=C(CCCC3=O)N2S(=O)(=O)c2ccc(C)cc2)cc1. The number of allylic oxidation sites excluding steroid dienone is 1. The number of aryl methyl sites for hydroxylation is 1. The first-order valence-electron chi connectivity index (χ1n) is 12.4. The molecule has 1 aliphatic carbocycles. The number of methoxy groups -OCH3 is 1. The van der Waals surface area contributed by atoms with Crippen molar-refractivity contribution in [3.05, 3.63) is 117 Å². The highest BCUT2D eigenvalue weighted by atomic mass is 32.2. The quantitative estimate of drug-likeness (QED) is 0.320. The Kier molecular flexibility index (Phi) is 6.79. The van der Waals surface area contributed by atoms with Gasteiger partial charge in [0.2, 0.25) is 6.04 Å². The lowest BCUT2D eigenvalue weighted by Gasteiger charge is -2.45. The van der Waals surface area contributed by atoms with Gasteiger partial charge in [0.05, 0.1) is 17.9 Å². The second-order valence-electron chi connectivity index (χ2n) is 9.63. The fraction of sp³-hybridized carbons (Fsp3) is 0.276. The van der Waals surface area contributed by atoms with Crippen LogP contribution in [0.1, 0.15) is 47.9 Å². The summed E-state index contributed by atoms with van der Waals surface area (Å²) in [6.45, 7) is 1.85. The number of hydrogen-bond acceptors (Lipinski definition) is 6. The lowest BCUT2D eigenvalue weighted by molar-refractivity contribution is -0.534. The number of rotatable bonds is 6. The second-order valence-corrected chi connectivity index (χ2v) is 11.4. The summed E-state index contributed by atoms with van der Waals surface area (Å²) in [5.41, 5.74) is 2.52. The largest absolute Gasteiger partial charge is 0.497 e. The minimum Gasteiger partial charge on any atom is -0.497 e. The van der Waals surface area contributed by atoms with Gasteiger partial charge >= 0.3 is 0 Å². The molecule has 0 fully saturated rings. The second kappa shape index (κ2) is 10.1. The van der Waals surface area contributed by atoms with Gasteiger partial charge in [-0.1, -0.05) is 60.2 Å². The first-order valence-corrected chi connectivity index (χ1v) is 13.9. The minimum atomic E-state index is -4.27. The van der Waals surface area contributed by atoms with E-state index < -0.39 is 32.9 Å². The molecule has 0 aromatic heterocycles. The molecule has 1 heterocycles. The molecule has 38 heavy (non-hydrogen) atoms. The number of nitro groups is 1. The lowest BCUT2D eigenvalue weighted by atomic mass is 9.72. The Morgan fingerprint density at radius 1 is 0.921 bits per heavy atom. The van der Waals surface area contributed by atoms with E-state index >= 15 is 0 Å². The number of ether oxygens (including phenoxy) is 1. The highest BCUT2D eigenvalue weighted by Gasteiger charge is 2.56. The van der Waals surface area contributed by atoms with Crippen molar-refractivity contribution in [2.75, 3.05) is 7.11 Å². The van der Waals surface area contributed by atoms with Crippen molar-refractivity contribution in [2.24, 2.45) is 0 Å². The number of hydrogen-bond donors (Lipinski definition) is 0. The highest BCUT2D eigenvalue weighted by Crippen LogP contribution is 2.51. The molecule has 0 spiro atoms. The van der Waals surface area contributed by atoms with E-state index in [0.717, 1.165) is 5.56 Å². The lowest BCUT2D eigenvalue weighted by Crippen LogP contribution is -2.52. The number of carbonyl (C=O) groups excluding carboxylic acids is 1. The summed E-state index contributed by atoms with van der Waals surface area (Å²) in [5, 5.41) is 12.9. The van der Waals surface area contributed by atoms with Gasteiger partial charge < -0.3 is 4.74 Å². The Labute approximate surface area is 221 Å². The third kappa shape index (κ3) is 4.36. The molecule has 0 saturated heterocycles. The van der Waals surface area contributed by atoms with E-state index in [0.29, 0.717) is 35.4 Å². The summed E-state index contributed by atoms with van der Waals surface area (Å²) in [7, 11) is -2.76. The molecule has 0 N–H and O–H groups in total. The summed E-state index contributed by atoms with van der Waals surface area (Å²) in [5.74, 6) is -0.600. The van der Waals surface area contributed by atoms with Crippen molar-refractivity contribution in [3.8, 4) is 5.75 Å². The van der Waals surface area contributed by atoms with Crippen molar-refractivity contribution in [2.45, 2.75) is 49.1 Å². The molecule has 0 radical (unpaired) electrons. The average Bonchev–Trinajstić information content (AvgIpc) is 2.92. The Balaban J connectivity index is 1.84. The minimum absolute atomic E-state index is 0.0201. The van der Waals surface area contributed by atoms with Crippen LogP contribution in [0.2, 0.25) is 0 Å². The molecule has 1 aliphatic heterocycles. The molecule has 3 atom stereocenters. The zero-order valence-electron chi connectivity index (χ0n) is 21.1. The van der Waals surface area contributed by atoms with Gasteiger partial charge in [0, 0.05) is 22.6 Å². The van der Waals surface area contributed by atoms with Gasteiger partial charge in [0.25, 0.3) is 10.0 Å². The summed E-state index contributed by atoms with van der Waals surface area (Å²) < 4.78 is 35.1. The van der Waals surface area contributed by atoms with Crippen molar-refractivity contribution >= 4 is 15.8 Å². The molecule has 0 saturated carbocycles. The van der Waals surface area contributed by atoms with E-state index in [4.69, 9.17) is 4.74 Å². The van der Waals surface area contributed by atoms with Crippen LogP contribution >= 0.6 is 0 Å². The molecule has 2 aliphatic rings. The number of benzene rings is 3. The normalized spacial score (nSPS) is 21.7. The van der Waals surface area contributed by atoms with Crippen LogP contribution in [-0.4, -0.2) is 36.6 Å². The van der Waals surface area contributed by atoms with Gasteiger partial charge in [-0.15, -0.1) is 0 Å².